The maximum Gasteiger partial charge on any atom is 0.320 e. The maximum absolute atomic E-state index is 13.4. The Kier molecular flexibility index (Phi) is 5.66. The lowest BCUT2D eigenvalue weighted by atomic mass is 9.76. The molecule has 178 valence electrons. The first-order chi connectivity index (χ1) is 16.6. The molecule has 6 rings (SSSR count). The van der Waals surface area contributed by atoms with Crippen LogP contribution in [0.5, 0.6) is 0 Å². The van der Waals surface area contributed by atoms with Gasteiger partial charge in [-0.3, -0.25) is 9.69 Å². The Balaban J connectivity index is 1.11. The highest BCUT2D eigenvalue weighted by molar-refractivity contribution is 5.81. The molecule has 4 fully saturated rings. The molecular formula is C28H33N3O3. The molecule has 6 nitrogen and oxygen atoms in total. The van der Waals surface area contributed by atoms with Crippen LogP contribution in [0, 0.1) is 11.3 Å². The number of likely N-dealkylation sites (tertiary alicyclic amines) is 3. The van der Waals surface area contributed by atoms with E-state index >= 15 is 0 Å². The number of hydrogen-bond donors (Lipinski definition) is 0. The molecule has 4 saturated heterocycles. The predicted molar refractivity (Wildman–Crippen MR) is 129 cm³/mol. The minimum absolute atomic E-state index is 0.139. The van der Waals surface area contributed by atoms with Crippen molar-refractivity contribution < 1.29 is 14.3 Å². The van der Waals surface area contributed by atoms with E-state index < -0.39 is 0 Å². The number of fused-ring (bicyclic) bond motifs is 1. The highest BCUT2D eigenvalue weighted by Crippen LogP contribution is 2.45. The standard InChI is InChI=1S/C28H33N3O3/c32-24-15-23-16-29(13-11-25(23)34-17-24)27(33)30-14-12-28(18-30)19-31(20-28)26(21-7-3-1-4-8-21)22-9-5-2-6-10-22/h1-10,23,25-26H,11-20H2/t23-,25+/m1/s1. The number of ether oxygens (including phenoxy) is 1. The fourth-order valence-electron chi connectivity index (χ4n) is 6.59. The van der Waals surface area contributed by atoms with Gasteiger partial charge in [0, 0.05) is 57.0 Å². The second kappa shape index (κ2) is 8.82. The Bertz CT molecular complexity index is 998. The molecule has 0 radical (unpaired) electrons. The van der Waals surface area contributed by atoms with Gasteiger partial charge in [-0.2, -0.15) is 0 Å². The average Bonchev–Trinajstić information content (AvgIpc) is 3.30. The summed E-state index contributed by atoms with van der Waals surface area (Å²) in [5, 5.41) is 0. The van der Waals surface area contributed by atoms with E-state index in [9.17, 15) is 9.59 Å². The smallest absolute Gasteiger partial charge is 0.320 e. The molecule has 0 saturated carbocycles. The second-order valence-electron chi connectivity index (χ2n) is 10.7. The third kappa shape index (κ3) is 4.03. The highest BCUT2D eigenvalue weighted by atomic mass is 16.5. The van der Waals surface area contributed by atoms with Gasteiger partial charge in [0.25, 0.3) is 0 Å². The zero-order chi connectivity index (χ0) is 23.1. The summed E-state index contributed by atoms with van der Waals surface area (Å²) < 4.78 is 5.71. The second-order valence-corrected chi connectivity index (χ2v) is 10.7. The molecule has 4 aliphatic rings. The molecule has 4 heterocycles. The molecule has 0 aromatic heterocycles. The monoisotopic (exact) mass is 459 g/mol. The largest absolute Gasteiger partial charge is 0.370 e. The molecule has 2 aromatic carbocycles. The van der Waals surface area contributed by atoms with Gasteiger partial charge in [-0.05, 0) is 24.0 Å². The number of hydrogen-bond acceptors (Lipinski definition) is 4. The van der Waals surface area contributed by atoms with Gasteiger partial charge in [0.2, 0.25) is 0 Å². The van der Waals surface area contributed by atoms with Gasteiger partial charge in [-0.1, -0.05) is 60.7 Å². The summed E-state index contributed by atoms with van der Waals surface area (Å²) in [6, 6.07) is 21.9. The zero-order valence-corrected chi connectivity index (χ0v) is 19.6. The number of rotatable bonds is 3. The molecule has 6 heteroatoms. The number of benzene rings is 2. The molecular weight excluding hydrogens is 426 g/mol. The Labute approximate surface area is 201 Å². The van der Waals surface area contributed by atoms with Crippen LogP contribution >= 0.6 is 0 Å². The first kappa shape index (κ1) is 21.8. The van der Waals surface area contributed by atoms with E-state index in [1.807, 2.05) is 4.90 Å². The fourth-order valence-corrected chi connectivity index (χ4v) is 6.59. The van der Waals surface area contributed by atoms with Gasteiger partial charge in [-0.15, -0.1) is 0 Å². The van der Waals surface area contributed by atoms with E-state index in [1.165, 1.54) is 11.1 Å². The normalized spacial score (nSPS) is 26.6. The third-order valence-electron chi connectivity index (χ3n) is 8.26. The number of ketones is 1. The molecule has 0 N–H and O–H groups in total. The first-order valence-electron chi connectivity index (χ1n) is 12.6. The molecule has 1 spiro atoms. The Morgan fingerprint density at radius 2 is 1.59 bits per heavy atom. The lowest BCUT2D eigenvalue weighted by Crippen LogP contribution is -2.59. The van der Waals surface area contributed by atoms with E-state index in [0.717, 1.165) is 45.6 Å². The Morgan fingerprint density at radius 1 is 0.912 bits per heavy atom. The Morgan fingerprint density at radius 3 is 2.26 bits per heavy atom. The van der Waals surface area contributed by atoms with Crippen LogP contribution in [0.4, 0.5) is 4.79 Å². The third-order valence-corrected chi connectivity index (χ3v) is 8.26. The molecule has 4 aliphatic heterocycles. The van der Waals surface area contributed by atoms with Gasteiger partial charge in [-0.25, -0.2) is 4.79 Å². The van der Waals surface area contributed by atoms with E-state index in [0.29, 0.717) is 13.0 Å². The van der Waals surface area contributed by atoms with Crippen LogP contribution in [-0.4, -0.2) is 78.5 Å². The SMILES string of the molecule is O=C1CO[C@H]2CCN(C(=O)N3CCC4(C3)CN(C(c3ccccc3)c3ccccc3)C4)C[C@H]2C1. The Hall–Kier alpha value is -2.70. The molecule has 0 bridgehead atoms. The summed E-state index contributed by atoms with van der Waals surface area (Å²) in [4.78, 5) is 31.8. The summed E-state index contributed by atoms with van der Waals surface area (Å²) in [6.45, 7) is 5.30. The fraction of sp³-hybridized carbons (Fsp3) is 0.500. The van der Waals surface area contributed by atoms with Crippen molar-refractivity contribution in [2.24, 2.45) is 11.3 Å². The highest BCUT2D eigenvalue weighted by Gasteiger charge is 2.51. The van der Waals surface area contributed by atoms with E-state index in [2.05, 4.69) is 70.5 Å². The minimum atomic E-state index is 0.139. The number of Topliss-reactive ketones (excluding diaryl/α,β-unsaturated/α-hetero) is 1. The van der Waals surface area contributed by atoms with Gasteiger partial charge in [0.05, 0.1) is 12.1 Å². The summed E-state index contributed by atoms with van der Waals surface area (Å²) in [7, 11) is 0. The van der Waals surface area contributed by atoms with Crippen LogP contribution in [0.2, 0.25) is 0 Å². The summed E-state index contributed by atoms with van der Waals surface area (Å²) >= 11 is 0. The number of piperidine rings is 1. The van der Waals surface area contributed by atoms with Gasteiger partial charge < -0.3 is 14.5 Å². The van der Waals surface area contributed by atoms with E-state index in [-0.39, 0.29) is 41.9 Å². The van der Waals surface area contributed by atoms with E-state index in [1.54, 1.807) is 0 Å². The lowest BCUT2D eigenvalue weighted by molar-refractivity contribution is -0.139. The predicted octanol–water partition coefficient (Wildman–Crippen LogP) is 3.58. The maximum atomic E-state index is 13.4. The minimum Gasteiger partial charge on any atom is -0.370 e. The van der Waals surface area contributed by atoms with Crippen molar-refractivity contribution in [1.29, 1.82) is 0 Å². The van der Waals surface area contributed by atoms with Crippen molar-refractivity contribution in [1.82, 2.24) is 14.7 Å². The van der Waals surface area contributed by atoms with Crippen LogP contribution in [0.1, 0.15) is 36.4 Å². The van der Waals surface area contributed by atoms with Crippen molar-refractivity contribution in [3.05, 3.63) is 71.8 Å². The number of carbonyl (C=O) groups excluding carboxylic acids is 2. The van der Waals surface area contributed by atoms with Crippen LogP contribution in [-0.2, 0) is 9.53 Å². The number of urea groups is 1. The van der Waals surface area contributed by atoms with Crippen molar-refractivity contribution in [3.63, 3.8) is 0 Å². The van der Waals surface area contributed by atoms with Gasteiger partial charge >= 0.3 is 6.03 Å². The van der Waals surface area contributed by atoms with Crippen LogP contribution in [0.15, 0.2) is 60.7 Å². The molecule has 2 amide bonds. The number of nitrogens with zero attached hydrogens (tertiary/aromatic N) is 3. The van der Waals surface area contributed by atoms with Crippen LogP contribution in [0.3, 0.4) is 0 Å². The number of amides is 2. The molecule has 2 atom stereocenters. The quantitative estimate of drug-likeness (QED) is 0.704. The molecule has 0 unspecified atom stereocenters. The average molecular weight is 460 g/mol. The van der Waals surface area contributed by atoms with Crippen LogP contribution in [0.25, 0.3) is 0 Å². The summed E-state index contributed by atoms with van der Waals surface area (Å²) in [5.41, 5.74) is 2.84. The van der Waals surface area contributed by atoms with Crippen LogP contribution < -0.4 is 0 Å². The van der Waals surface area contributed by atoms with Gasteiger partial charge in [0.15, 0.2) is 5.78 Å². The zero-order valence-electron chi connectivity index (χ0n) is 19.6. The molecule has 2 aromatic rings. The van der Waals surface area contributed by atoms with Crippen molar-refractivity contribution in [2.45, 2.75) is 31.4 Å². The molecule has 0 aliphatic carbocycles. The number of carbonyl (C=O) groups is 2. The van der Waals surface area contributed by atoms with E-state index in [4.69, 9.17) is 4.74 Å². The van der Waals surface area contributed by atoms with Crippen molar-refractivity contribution in [2.75, 3.05) is 45.9 Å². The molecule has 34 heavy (non-hydrogen) atoms. The summed E-state index contributed by atoms with van der Waals surface area (Å²) in [5.74, 6) is 0.323. The lowest BCUT2D eigenvalue weighted by Gasteiger charge is -2.52. The van der Waals surface area contributed by atoms with Gasteiger partial charge in [0.1, 0.15) is 6.61 Å². The topological polar surface area (TPSA) is 53.1 Å². The van der Waals surface area contributed by atoms with Crippen molar-refractivity contribution in [3.8, 4) is 0 Å². The first-order valence-corrected chi connectivity index (χ1v) is 12.6. The summed E-state index contributed by atoms with van der Waals surface area (Å²) in [6.07, 6.45) is 2.59. The van der Waals surface area contributed by atoms with Crippen molar-refractivity contribution >= 4 is 11.8 Å².